The second-order valence-electron chi connectivity index (χ2n) is 8.73. The fraction of sp³-hybridized carbons (Fsp3) is 0.0714. The van der Waals surface area contributed by atoms with Gasteiger partial charge in [-0.3, -0.25) is 19.2 Å². The molecule has 2 heterocycles. The highest BCUT2D eigenvalue weighted by molar-refractivity contribution is 6.28. The number of alkyl halides is 6. The lowest BCUT2D eigenvalue weighted by Crippen LogP contribution is -2.29. The van der Waals surface area contributed by atoms with Crippen molar-refractivity contribution in [2.45, 2.75) is 12.4 Å². The number of carbonyl (C=O) groups excluding carboxylic acids is 4. The minimum atomic E-state index is -4.98. The van der Waals surface area contributed by atoms with Gasteiger partial charge in [0.25, 0.3) is 23.6 Å². The highest BCUT2D eigenvalue weighted by atomic mass is 19.4. The predicted octanol–water partition coefficient (Wildman–Crippen LogP) is 6.17. The Morgan fingerprint density at radius 3 is 1.19 bits per heavy atom. The molecule has 0 unspecified atom stereocenters. The van der Waals surface area contributed by atoms with Crippen molar-refractivity contribution < 1.29 is 55.0 Å². The highest BCUT2D eigenvalue weighted by Crippen LogP contribution is 2.43. The first-order chi connectivity index (χ1) is 19.7. The number of carbonyl (C=O) groups is 4. The molecule has 3 aromatic carbocycles. The molecule has 0 spiro atoms. The second kappa shape index (κ2) is 10.2. The lowest BCUT2D eigenvalue weighted by molar-refractivity contribution is -0.139. The molecule has 8 nitrogen and oxygen atoms in total. The molecule has 0 saturated heterocycles. The van der Waals surface area contributed by atoms with Crippen LogP contribution in [0.1, 0.15) is 11.1 Å². The molecule has 14 heteroatoms. The summed E-state index contributed by atoms with van der Waals surface area (Å²) >= 11 is 0. The van der Waals surface area contributed by atoms with Crippen molar-refractivity contribution in [2.75, 3.05) is 9.80 Å². The molecule has 2 aliphatic heterocycles. The van der Waals surface area contributed by atoms with E-state index < -0.39 is 58.6 Å². The summed E-state index contributed by atoms with van der Waals surface area (Å²) in [5, 5.41) is 0. The monoisotopic (exact) mass is 588 g/mol. The zero-order chi connectivity index (χ0) is 30.4. The summed E-state index contributed by atoms with van der Waals surface area (Å²) in [5.74, 6) is -5.23. The first-order valence-corrected chi connectivity index (χ1v) is 11.7. The van der Waals surface area contributed by atoms with Crippen molar-refractivity contribution in [1.82, 2.24) is 0 Å². The summed E-state index contributed by atoms with van der Waals surface area (Å²) in [6.45, 7) is 0. The van der Waals surface area contributed by atoms with Gasteiger partial charge in [-0.25, -0.2) is 9.80 Å². The number of halogens is 6. The molecule has 0 radical (unpaired) electrons. The molecule has 0 fully saturated rings. The Morgan fingerprint density at radius 1 is 0.500 bits per heavy atom. The van der Waals surface area contributed by atoms with Crippen LogP contribution in [-0.2, 0) is 31.5 Å². The molecule has 0 N–H and O–H groups in total. The van der Waals surface area contributed by atoms with Gasteiger partial charge in [-0.05, 0) is 48.5 Å². The number of hydrogen-bond donors (Lipinski definition) is 0. The van der Waals surface area contributed by atoms with Gasteiger partial charge in [-0.1, -0.05) is 6.07 Å². The van der Waals surface area contributed by atoms with Crippen molar-refractivity contribution in [1.29, 1.82) is 0 Å². The van der Waals surface area contributed by atoms with Crippen LogP contribution in [0.25, 0.3) is 0 Å². The van der Waals surface area contributed by atoms with E-state index in [1.807, 2.05) is 0 Å². The third kappa shape index (κ3) is 5.46. The molecule has 5 rings (SSSR count). The normalized spacial score (nSPS) is 15.3. The number of imide groups is 2. The number of amides is 4. The van der Waals surface area contributed by atoms with Crippen LogP contribution in [0.15, 0.2) is 85.0 Å². The fourth-order valence-corrected chi connectivity index (χ4v) is 4.10. The van der Waals surface area contributed by atoms with Gasteiger partial charge in [0.2, 0.25) is 0 Å². The Morgan fingerprint density at radius 2 is 0.857 bits per heavy atom. The molecule has 0 saturated carbocycles. The van der Waals surface area contributed by atoms with E-state index in [1.165, 1.54) is 18.2 Å². The standard InChI is InChI=1S/C28H14F6N2O6/c29-27(30,31)19-12-15(35-23(37)8-9-24(35)38)4-6-21(19)41-17-2-1-3-18(14-17)42-22-7-5-16(13-20(22)28(32,33)34)36-25(39)10-11-26(36)40/h1-14H. The van der Waals surface area contributed by atoms with Gasteiger partial charge in [-0.15, -0.1) is 0 Å². The summed E-state index contributed by atoms with van der Waals surface area (Å²) < 4.78 is 93.9. The maximum Gasteiger partial charge on any atom is 0.420 e. The van der Waals surface area contributed by atoms with Crippen molar-refractivity contribution in [3.8, 4) is 23.0 Å². The van der Waals surface area contributed by atoms with E-state index in [0.29, 0.717) is 21.9 Å². The molecular weight excluding hydrogens is 574 g/mol. The zero-order valence-electron chi connectivity index (χ0n) is 20.7. The molecule has 4 amide bonds. The topological polar surface area (TPSA) is 93.2 Å². The fourth-order valence-electron chi connectivity index (χ4n) is 4.10. The number of ether oxygens (including phenoxy) is 2. The van der Waals surface area contributed by atoms with Gasteiger partial charge in [0.1, 0.15) is 34.1 Å². The van der Waals surface area contributed by atoms with Crippen LogP contribution in [0.4, 0.5) is 37.7 Å². The molecule has 0 atom stereocenters. The van der Waals surface area contributed by atoms with Gasteiger partial charge in [-0.2, -0.15) is 26.3 Å². The van der Waals surface area contributed by atoms with E-state index in [0.717, 1.165) is 54.6 Å². The molecular formula is C28H14F6N2O6. The quantitative estimate of drug-likeness (QED) is 0.253. The maximum atomic E-state index is 13.9. The van der Waals surface area contributed by atoms with Gasteiger partial charge in [0.05, 0.1) is 11.4 Å². The van der Waals surface area contributed by atoms with Crippen molar-refractivity contribution in [3.05, 3.63) is 96.1 Å². The van der Waals surface area contributed by atoms with E-state index >= 15 is 0 Å². The zero-order valence-corrected chi connectivity index (χ0v) is 20.7. The van der Waals surface area contributed by atoms with Crippen LogP contribution in [0.3, 0.4) is 0 Å². The molecule has 0 aliphatic carbocycles. The van der Waals surface area contributed by atoms with Gasteiger partial charge < -0.3 is 9.47 Å². The molecule has 214 valence electrons. The Kier molecular flexibility index (Phi) is 6.84. The number of benzene rings is 3. The maximum absolute atomic E-state index is 13.9. The average Bonchev–Trinajstić information content (AvgIpc) is 3.43. The van der Waals surface area contributed by atoms with Crippen LogP contribution >= 0.6 is 0 Å². The summed E-state index contributed by atoms with van der Waals surface area (Å²) in [6, 6.07) is 9.77. The number of anilines is 2. The van der Waals surface area contributed by atoms with E-state index in [1.54, 1.807) is 0 Å². The van der Waals surface area contributed by atoms with Gasteiger partial charge >= 0.3 is 12.4 Å². The minimum Gasteiger partial charge on any atom is -0.457 e. The molecule has 3 aromatic rings. The Labute approximate surface area is 231 Å². The Bertz CT molecular complexity index is 1550. The second-order valence-corrected chi connectivity index (χ2v) is 8.73. The van der Waals surface area contributed by atoms with Crippen LogP contribution < -0.4 is 19.3 Å². The predicted molar refractivity (Wildman–Crippen MR) is 133 cm³/mol. The minimum absolute atomic E-state index is 0.245. The van der Waals surface area contributed by atoms with E-state index in [2.05, 4.69) is 0 Å². The van der Waals surface area contributed by atoms with E-state index in [9.17, 15) is 45.5 Å². The lowest BCUT2D eigenvalue weighted by atomic mass is 10.1. The molecule has 0 aromatic heterocycles. The first kappa shape index (κ1) is 28.1. The first-order valence-electron chi connectivity index (χ1n) is 11.7. The van der Waals surface area contributed by atoms with Gasteiger partial charge in [0.15, 0.2) is 0 Å². The molecule has 0 bridgehead atoms. The number of nitrogens with zero attached hydrogens (tertiary/aromatic N) is 2. The van der Waals surface area contributed by atoms with Gasteiger partial charge in [0, 0.05) is 30.4 Å². The van der Waals surface area contributed by atoms with Crippen LogP contribution in [-0.4, -0.2) is 23.6 Å². The van der Waals surface area contributed by atoms with E-state index in [-0.39, 0.29) is 22.9 Å². The number of rotatable bonds is 6. The number of hydrogen-bond acceptors (Lipinski definition) is 6. The SMILES string of the molecule is O=C1C=CC(=O)N1c1ccc(Oc2cccc(Oc3ccc(N4C(=O)C=CC4=O)cc3C(F)(F)F)c2)c(C(F)(F)F)c1. The van der Waals surface area contributed by atoms with E-state index in [4.69, 9.17) is 9.47 Å². The smallest absolute Gasteiger partial charge is 0.420 e. The van der Waals surface area contributed by atoms with Crippen LogP contribution in [0, 0.1) is 0 Å². The summed E-state index contributed by atoms with van der Waals surface area (Å²) in [7, 11) is 0. The van der Waals surface area contributed by atoms with Crippen LogP contribution in [0.5, 0.6) is 23.0 Å². The Balaban J connectivity index is 1.43. The summed E-state index contributed by atoms with van der Waals surface area (Å²) in [4.78, 5) is 48.7. The summed E-state index contributed by atoms with van der Waals surface area (Å²) in [5.41, 5.74) is -3.34. The highest BCUT2D eigenvalue weighted by Gasteiger charge is 2.38. The van der Waals surface area contributed by atoms with Crippen molar-refractivity contribution in [2.24, 2.45) is 0 Å². The third-order valence-electron chi connectivity index (χ3n) is 5.93. The van der Waals surface area contributed by atoms with Crippen molar-refractivity contribution in [3.63, 3.8) is 0 Å². The Hall–Kier alpha value is -5.40. The average molecular weight is 588 g/mol. The summed E-state index contributed by atoms with van der Waals surface area (Å²) in [6.07, 6.45) is -6.32. The van der Waals surface area contributed by atoms with Crippen molar-refractivity contribution >= 4 is 35.0 Å². The lowest BCUT2D eigenvalue weighted by Gasteiger charge is -2.20. The molecule has 42 heavy (non-hydrogen) atoms. The third-order valence-corrected chi connectivity index (χ3v) is 5.93. The van der Waals surface area contributed by atoms with Crippen LogP contribution in [0.2, 0.25) is 0 Å². The largest absolute Gasteiger partial charge is 0.457 e. The molecule has 2 aliphatic rings.